The van der Waals surface area contributed by atoms with E-state index in [4.69, 9.17) is 14.2 Å². The third-order valence-electron chi connectivity index (χ3n) is 6.71. The van der Waals surface area contributed by atoms with Crippen molar-refractivity contribution in [3.8, 4) is 5.75 Å². The molecule has 2 aliphatic heterocycles. The summed E-state index contributed by atoms with van der Waals surface area (Å²) in [5.74, 6) is -0.00736. The number of ether oxygens (including phenoxy) is 3. The zero-order valence-electron chi connectivity index (χ0n) is 20.8. The van der Waals surface area contributed by atoms with Crippen LogP contribution in [-0.2, 0) is 19.1 Å². The summed E-state index contributed by atoms with van der Waals surface area (Å²) in [5.41, 5.74) is 0.902. The van der Waals surface area contributed by atoms with Crippen molar-refractivity contribution in [1.82, 2.24) is 9.80 Å². The first-order valence-electron chi connectivity index (χ1n) is 11.9. The Morgan fingerprint density at radius 3 is 2.50 bits per heavy atom. The molecule has 0 bridgehead atoms. The molecule has 9 nitrogen and oxygen atoms in total. The molecule has 0 unspecified atom stereocenters. The van der Waals surface area contributed by atoms with Gasteiger partial charge < -0.3 is 29.3 Å². The van der Waals surface area contributed by atoms with E-state index in [1.807, 2.05) is 13.8 Å². The van der Waals surface area contributed by atoms with E-state index in [1.165, 1.54) is 0 Å². The summed E-state index contributed by atoms with van der Waals surface area (Å²) in [6.45, 7) is 7.74. The summed E-state index contributed by atoms with van der Waals surface area (Å²) in [4.78, 5) is 41.8. The second-order valence-corrected chi connectivity index (χ2v) is 9.36. The van der Waals surface area contributed by atoms with E-state index in [2.05, 4.69) is 5.32 Å². The normalized spacial score (nSPS) is 25.0. The van der Waals surface area contributed by atoms with Gasteiger partial charge in [-0.3, -0.25) is 14.4 Å². The van der Waals surface area contributed by atoms with Gasteiger partial charge in [-0.25, -0.2) is 0 Å². The van der Waals surface area contributed by atoms with Crippen molar-refractivity contribution in [2.45, 2.75) is 45.8 Å². The lowest BCUT2D eigenvalue weighted by atomic mass is 9.99. The van der Waals surface area contributed by atoms with E-state index >= 15 is 0 Å². The number of anilines is 1. The predicted molar refractivity (Wildman–Crippen MR) is 128 cm³/mol. The number of amides is 3. The Bertz CT molecular complexity index is 885. The van der Waals surface area contributed by atoms with E-state index in [1.54, 1.807) is 49.1 Å². The van der Waals surface area contributed by atoms with E-state index in [-0.39, 0.29) is 48.3 Å². The van der Waals surface area contributed by atoms with Crippen molar-refractivity contribution in [2.75, 3.05) is 52.4 Å². The third kappa shape index (κ3) is 6.27. The molecule has 34 heavy (non-hydrogen) atoms. The molecule has 0 saturated carbocycles. The van der Waals surface area contributed by atoms with E-state index in [0.717, 1.165) is 0 Å². The first-order valence-corrected chi connectivity index (χ1v) is 11.9. The SMILES string of the molecule is CO[C@@H]1CN(C)C(=O)c2cc(NC(=O)C3CCOCC3)ccc2OC[C@@H](C)N(C(C)=O)C[C@H]1C. The van der Waals surface area contributed by atoms with Crippen molar-refractivity contribution in [3.05, 3.63) is 23.8 Å². The van der Waals surface area contributed by atoms with Gasteiger partial charge in [0.25, 0.3) is 5.91 Å². The highest BCUT2D eigenvalue weighted by molar-refractivity contribution is 5.99. The third-order valence-corrected chi connectivity index (χ3v) is 6.71. The maximum Gasteiger partial charge on any atom is 0.257 e. The summed E-state index contributed by atoms with van der Waals surface area (Å²) in [5, 5.41) is 2.94. The van der Waals surface area contributed by atoms with Crippen molar-refractivity contribution in [3.63, 3.8) is 0 Å². The van der Waals surface area contributed by atoms with Gasteiger partial charge in [0.05, 0.1) is 17.7 Å². The monoisotopic (exact) mass is 475 g/mol. The first-order chi connectivity index (χ1) is 16.2. The standard InChI is InChI=1S/C25H37N3O6/c1-16-13-28(18(3)29)17(2)15-34-22-7-6-20(26-24(30)19-8-10-33-11-9-19)12-21(22)25(31)27(4)14-23(16)32-5/h6-7,12,16-17,19,23H,8-11,13-15H2,1-5H3,(H,26,30)/t16-,17-,23-/m1/s1. The molecule has 1 fully saturated rings. The van der Waals surface area contributed by atoms with Crippen LogP contribution in [0.1, 0.15) is 44.0 Å². The quantitative estimate of drug-likeness (QED) is 0.721. The van der Waals surface area contributed by atoms with E-state index in [9.17, 15) is 14.4 Å². The molecule has 0 spiro atoms. The van der Waals surface area contributed by atoms with Crippen molar-refractivity contribution in [1.29, 1.82) is 0 Å². The summed E-state index contributed by atoms with van der Waals surface area (Å²) < 4.78 is 17.1. The molecule has 9 heteroatoms. The molecule has 188 valence electrons. The first kappa shape index (κ1) is 26.0. The Labute approximate surface area is 201 Å². The van der Waals surface area contributed by atoms with Crippen LogP contribution in [0.4, 0.5) is 5.69 Å². The summed E-state index contributed by atoms with van der Waals surface area (Å²) in [6.07, 6.45) is 1.12. The van der Waals surface area contributed by atoms with Crippen LogP contribution in [0.5, 0.6) is 5.75 Å². The zero-order valence-corrected chi connectivity index (χ0v) is 20.8. The molecule has 0 aliphatic carbocycles. The number of carbonyl (C=O) groups excluding carboxylic acids is 3. The van der Waals surface area contributed by atoms with E-state index in [0.29, 0.717) is 56.1 Å². The number of carbonyl (C=O) groups is 3. The van der Waals surface area contributed by atoms with Crippen molar-refractivity contribution >= 4 is 23.4 Å². The number of benzene rings is 1. The molecule has 3 amide bonds. The number of methoxy groups -OCH3 is 1. The van der Waals surface area contributed by atoms with Crippen LogP contribution in [0, 0.1) is 11.8 Å². The molecule has 1 N–H and O–H groups in total. The van der Waals surface area contributed by atoms with Crippen LogP contribution in [0.25, 0.3) is 0 Å². The fourth-order valence-corrected chi connectivity index (χ4v) is 4.50. The molecule has 2 heterocycles. The fourth-order valence-electron chi connectivity index (χ4n) is 4.50. The van der Waals surface area contributed by atoms with Gasteiger partial charge >= 0.3 is 0 Å². The smallest absolute Gasteiger partial charge is 0.257 e. The average Bonchev–Trinajstić information content (AvgIpc) is 2.83. The van der Waals surface area contributed by atoms with Crippen LogP contribution in [0.2, 0.25) is 0 Å². The lowest BCUT2D eigenvalue weighted by Gasteiger charge is -2.35. The molecule has 1 aromatic rings. The highest BCUT2D eigenvalue weighted by atomic mass is 16.5. The van der Waals surface area contributed by atoms with Crippen LogP contribution in [0.15, 0.2) is 18.2 Å². The Morgan fingerprint density at radius 2 is 1.85 bits per heavy atom. The van der Waals surface area contributed by atoms with Gasteiger partial charge in [-0.1, -0.05) is 6.92 Å². The minimum absolute atomic E-state index is 0.00981. The number of likely N-dealkylation sites (N-methyl/N-ethyl adjacent to an activating group) is 1. The van der Waals surface area contributed by atoms with E-state index < -0.39 is 0 Å². The van der Waals surface area contributed by atoms with Gasteiger partial charge in [0.15, 0.2) is 0 Å². The van der Waals surface area contributed by atoms with Gasteiger partial charge in [-0.05, 0) is 38.0 Å². The topological polar surface area (TPSA) is 97.4 Å². The Morgan fingerprint density at radius 1 is 1.15 bits per heavy atom. The summed E-state index contributed by atoms with van der Waals surface area (Å²) in [7, 11) is 3.34. The second-order valence-electron chi connectivity index (χ2n) is 9.36. The maximum absolute atomic E-state index is 13.4. The number of hydrogen-bond donors (Lipinski definition) is 1. The van der Waals surface area contributed by atoms with Gasteiger partial charge in [-0.15, -0.1) is 0 Å². The predicted octanol–water partition coefficient (Wildman–Crippen LogP) is 2.40. The highest BCUT2D eigenvalue weighted by Crippen LogP contribution is 2.27. The number of rotatable bonds is 3. The molecule has 1 saturated heterocycles. The zero-order chi connectivity index (χ0) is 24.8. The molecule has 0 radical (unpaired) electrons. The number of nitrogens with one attached hydrogen (secondary N) is 1. The Hall–Kier alpha value is -2.65. The molecule has 3 rings (SSSR count). The molecular weight excluding hydrogens is 438 g/mol. The van der Waals surface area contributed by atoms with Crippen LogP contribution >= 0.6 is 0 Å². The van der Waals surface area contributed by atoms with Crippen LogP contribution < -0.4 is 10.1 Å². The Kier molecular flexibility index (Phi) is 8.90. The molecule has 2 aliphatic rings. The van der Waals surface area contributed by atoms with Crippen molar-refractivity contribution < 1.29 is 28.6 Å². The molecule has 1 aromatic carbocycles. The van der Waals surface area contributed by atoms with Gasteiger partial charge in [0.2, 0.25) is 11.8 Å². The maximum atomic E-state index is 13.4. The number of nitrogens with zero attached hydrogens (tertiary/aromatic N) is 2. The minimum Gasteiger partial charge on any atom is -0.491 e. The van der Waals surface area contributed by atoms with Crippen LogP contribution in [-0.4, -0.2) is 86.7 Å². The molecule has 0 aromatic heterocycles. The lowest BCUT2D eigenvalue weighted by molar-refractivity contribution is -0.133. The lowest BCUT2D eigenvalue weighted by Crippen LogP contribution is -2.48. The van der Waals surface area contributed by atoms with Gasteiger partial charge in [0.1, 0.15) is 12.4 Å². The fraction of sp³-hybridized carbons (Fsp3) is 0.640. The summed E-state index contributed by atoms with van der Waals surface area (Å²) in [6, 6.07) is 4.91. The molecular formula is C25H37N3O6. The Balaban J connectivity index is 1.89. The van der Waals surface area contributed by atoms with Crippen molar-refractivity contribution in [2.24, 2.45) is 11.8 Å². The largest absolute Gasteiger partial charge is 0.491 e. The summed E-state index contributed by atoms with van der Waals surface area (Å²) >= 11 is 0. The average molecular weight is 476 g/mol. The number of hydrogen-bond acceptors (Lipinski definition) is 6. The number of fused-ring (bicyclic) bond motifs is 1. The molecule has 3 atom stereocenters. The van der Waals surface area contributed by atoms with Gasteiger partial charge in [-0.2, -0.15) is 0 Å². The second kappa shape index (κ2) is 11.7. The minimum atomic E-state index is -0.247. The van der Waals surface area contributed by atoms with Crippen LogP contribution in [0.3, 0.4) is 0 Å². The van der Waals surface area contributed by atoms with Gasteiger partial charge in [0, 0.05) is 64.9 Å². The highest BCUT2D eigenvalue weighted by Gasteiger charge is 2.29.